The van der Waals surface area contributed by atoms with Crippen LogP contribution in [0.4, 0.5) is 0 Å². The summed E-state index contributed by atoms with van der Waals surface area (Å²) in [7, 11) is 1.68. The smallest absolute Gasteiger partial charge is 0.131 e. The van der Waals surface area contributed by atoms with Crippen molar-refractivity contribution in [2.75, 3.05) is 20.2 Å². The zero-order valence-electron chi connectivity index (χ0n) is 22.8. The van der Waals surface area contributed by atoms with Gasteiger partial charge in [-0.15, -0.1) is 6.58 Å². The van der Waals surface area contributed by atoms with E-state index in [0.29, 0.717) is 11.8 Å². The number of rotatable bonds is 6. The number of hydrogen-bond acceptors (Lipinski definition) is 3. The van der Waals surface area contributed by atoms with Gasteiger partial charge in [0, 0.05) is 35.9 Å². The average molecular weight is 551 g/mol. The Kier molecular flexibility index (Phi) is 7.03. The summed E-state index contributed by atoms with van der Waals surface area (Å²) in [5, 5.41) is 18.4. The molecule has 0 saturated carbocycles. The van der Waals surface area contributed by atoms with Gasteiger partial charge in [0.25, 0.3) is 0 Å². The van der Waals surface area contributed by atoms with E-state index in [1.807, 2.05) is 30.5 Å². The Balaban J connectivity index is 0.00000289. The Labute approximate surface area is 241 Å². The van der Waals surface area contributed by atoms with E-state index >= 15 is 0 Å². The molecular weight excluding hydrogens is 516 g/mol. The fourth-order valence-electron chi connectivity index (χ4n) is 7.71. The number of methoxy groups -OCH3 is 1. The minimum atomic E-state index is -0.600. The van der Waals surface area contributed by atoms with Crippen LogP contribution < -0.4 is 17.1 Å². The number of aliphatic hydroxyl groups is 1. The highest BCUT2D eigenvalue weighted by atomic mass is 35.5. The number of pyridine rings is 1. The van der Waals surface area contributed by atoms with E-state index < -0.39 is 6.10 Å². The number of benzene rings is 4. The minimum absolute atomic E-state index is 0. The van der Waals surface area contributed by atoms with Gasteiger partial charge in [0.05, 0.1) is 25.7 Å². The second kappa shape index (κ2) is 10.5. The molecular formula is C35H35ClN2O2. The highest BCUT2D eigenvalue weighted by molar-refractivity contribution is 6.02. The van der Waals surface area contributed by atoms with Gasteiger partial charge in [-0.3, -0.25) is 4.98 Å². The molecule has 5 unspecified atom stereocenters. The molecule has 0 radical (unpaired) electrons. The fourth-order valence-corrected chi connectivity index (χ4v) is 7.71. The number of halogens is 1. The second-order valence-corrected chi connectivity index (χ2v) is 11.6. The van der Waals surface area contributed by atoms with Gasteiger partial charge in [-0.2, -0.15) is 0 Å². The van der Waals surface area contributed by atoms with Gasteiger partial charge in [-0.25, -0.2) is 0 Å². The Bertz CT molecular complexity index is 1660. The van der Waals surface area contributed by atoms with Crippen LogP contribution in [0.3, 0.4) is 0 Å². The SMILES string of the molecule is C=CC1C[N+]2(Cc3c4ccccc4cc4ccccc34)CCC1CC2C(O)c1ccnc2ccc(OC)cc12.[Cl-]. The van der Waals surface area contributed by atoms with Crippen molar-refractivity contribution in [3.05, 3.63) is 109 Å². The van der Waals surface area contributed by atoms with Crippen molar-refractivity contribution in [1.29, 1.82) is 0 Å². The van der Waals surface area contributed by atoms with E-state index in [4.69, 9.17) is 4.74 Å². The number of fused-ring (bicyclic) bond motifs is 6. The minimum Gasteiger partial charge on any atom is -1.00 e. The Morgan fingerprint density at radius 1 is 1.00 bits per heavy atom. The van der Waals surface area contributed by atoms with Gasteiger partial charge < -0.3 is 26.7 Å². The first-order valence-corrected chi connectivity index (χ1v) is 14.1. The number of ether oxygens (including phenoxy) is 1. The maximum absolute atomic E-state index is 12.2. The Morgan fingerprint density at radius 2 is 1.73 bits per heavy atom. The van der Waals surface area contributed by atoms with Crippen molar-refractivity contribution in [2.45, 2.75) is 31.5 Å². The van der Waals surface area contributed by atoms with Crippen LogP contribution in [0.25, 0.3) is 32.4 Å². The topological polar surface area (TPSA) is 42.4 Å². The molecule has 4 heterocycles. The van der Waals surface area contributed by atoms with Crippen LogP contribution in [0.5, 0.6) is 5.75 Å². The number of hydrogen-bond donors (Lipinski definition) is 1. The van der Waals surface area contributed by atoms with Gasteiger partial charge in [0.2, 0.25) is 0 Å². The van der Waals surface area contributed by atoms with Gasteiger partial charge >= 0.3 is 0 Å². The summed E-state index contributed by atoms with van der Waals surface area (Å²) in [6, 6.07) is 27.9. The molecule has 0 spiro atoms. The third-order valence-electron chi connectivity index (χ3n) is 9.70. The first-order valence-electron chi connectivity index (χ1n) is 14.1. The molecule has 3 aliphatic rings. The molecule has 3 saturated heterocycles. The van der Waals surface area contributed by atoms with E-state index in [9.17, 15) is 5.11 Å². The highest BCUT2D eigenvalue weighted by Crippen LogP contribution is 2.49. The number of piperidine rings is 3. The predicted molar refractivity (Wildman–Crippen MR) is 159 cm³/mol. The molecule has 5 heteroatoms. The third-order valence-corrected chi connectivity index (χ3v) is 9.70. The largest absolute Gasteiger partial charge is 1.00 e. The lowest BCUT2D eigenvalue weighted by Gasteiger charge is -2.58. The molecule has 3 aliphatic heterocycles. The summed E-state index contributed by atoms with van der Waals surface area (Å²) in [6.07, 6.45) is 5.58. The standard InChI is InChI=1S/C35H35N2O2.ClH/c1-3-23-21-37(22-32-28-10-6-4-8-25(28)18-26-9-5-7-11-29(26)32)17-15-24(23)19-34(37)35(38)30-14-16-36-33-13-12-27(39-2)20-31(30)33;/h3-14,16,18,20,23-24,34-35,38H,1,15,17,19,21-22H2,2H3;1H/q+1;/p-1. The first-order chi connectivity index (χ1) is 19.1. The van der Waals surface area contributed by atoms with Gasteiger partial charge in [0.15, 0.2) is 0 Å². The van der Waals surface area contributed by atoms with E-state index in [-0.39, 0.29) is 18.4 Å². The first kappa shape index (κ1) is 26.8. The molecule has 204 valence electrons. The molecule has 0 aliphatic carbocycles. The highest BCUT2D eigenvalue weighted by Gasteiger charge is 2.54. The van der Waals surface area contributed by atoms with Gasteiger partial charge in [0.1, 0.15) is 24.4 Å². The van der Waals surface area contributed by atoms with Crippen LogP contribution in [0.1, 0.15) is 30.1 Å². The lowest BCUT2D eigenvalue weighted by atomic mass is 9.71. The van der Waals surface area contributed by atoms with Gasteiger partial charge in [-0.05, 0) is 63.4 Å². The molecule has 5 aromatic rings. The molecule has 5 atom stereocenters. The molecule has 8 rings (SSSR count). The maximum Gasteiger partial charge on any atom is 0.131 e. The zero-order valence-corrected chi connectivity index (χ0v) is 23.6. The number of quaternary nitrogens is 1. The molecule has 40 heavy (non-hydrogen) atoms. The van der Waals surface area contributed by atoms with Crippen LogP contribution in [0.2, 0.25) is 0 Å². The van der Waals surface area contributed by atoms with Crippen molar-refractivity contribution in [3.8, 4) is 5.75 Å². The quantitative estimate of drug-likeness (QED) is 0.196. The lowest BCUT2D eigenvalue weighted by Crippen LogP contribution is -3.00. The van der Waals surface area contributed by atoms with Crippen molar-refractivity contribution in [2.24, 2.45) is 11.8 Å². The van der Waals surface area contributed by atoms with Crippen molar-refractivity contribution in [1.82, 2.24) is 4.98 Å². The van der Waals surface area contributed by atoms with Crippen LogP contribution in [-0.2, 0) is 6.54 Å². The monoisotopic (exact) mass is 550 g/mol. The number of aliphatic hydroxyl groups excluding tert-OH is 1. The molecule has 4 nitrogen and oxygen atoms in total. The molecule has 2 bridgehead atoms. The zero-order chi connectivity index (χ0) is 26.6. The van der Waals surface area contributed by atoms with E-state index in [1.165, 1.54) is 33.5 Å². The Morgan fingerprint density at radius 3 is 2.42 bits per heavy atom. The molecule has 3 fully saturated rings. The third kappa shape index (κ3) is 4.26. The average Bonchev–Trinajstić information content (AvgIpc) is 3.00. The maximum atomic E-state index is 12.2. The lowest BCUT2D eigenvalue weighted by molar-refractivity contribution is -0.984. The van der Waals surface area contributed by atoms with Crippen LogP contribution in [0, 0.1) is 11.8 Å². The molecule has 4 aromatic carbocycles. The summed E-state index contributed by atoms with van der Waals surface area (Å²) in [5.41, 5.74) is 3.23. The fraction of sp³-hybridized carbons (Fsp3) is 0.286. The van der Waals surface area contributed by atoms with Crippen molar-refractivity contribution < 1.29 is 26.7 Å². The summed E-state index contributed by atoms with van der Waals surface area (Å²) >= 11 is 0. The summed E-state index contributed by atoms with van der Waals surface area (Å²) in [6.45, 7) is 7.21. The molecule has 0 amide bonds. The van der Waals surface area contributed by atoms with Crippen molar-refractivity contribution in [3.63, 3.8) is 0 Å². The number of nitrogens with zero attached hydrogens (tertiary/aromatic N) is 2. The Hall–Kier alpha value is -3.44. The summed E-state index contributed by atoms with van der Waals surface area (Å²) in [5.74, 6) is 1.82. The normalized spacial score (nSPS) is 24.6. The van der Waals surface area contributed by atoms with E-state index in [1.54, 1.807) is 7.11 Å². The molecule has 1 N–H and O–H groups in total. The predicted octanol–water partition coefficient (Wildman–Crippen LogP) is 4.20. The molecule has 1 aromatic heterocycles. The van der Waals surface area contributed by atoms with E-state index in [0.717, 1.165) is 52.8 Å². The second-order valence-electron chi connectivity index (χ2n) is 11.6. The summed E-state index contributed by atoms with van der Waals surface area (Å²) in [4.78, 5) is 4.59. The van der Waals surface area contributed by atoms with Crippen molar-refractivity contribution >= 4 is 32.4 Å². The van der Waals surface area contributed by atoms with Gasteiger partial charge in [-0.1, -0.05) is 54.6 Å². The van der Waals surface area contributed by atoms with Crippen LogP contribution >= 0.6 is 0 Å². The van der Waals surface area contributed by atoms with Crippen LogP contribution in [-0.4, -0.2) is 40.8 Å². The summed E-state index contributed by atoms with van der Waals surface area (Å²) < 4.78 is 6.41. The number of aromatic nitrogens is 1. The van der Waals surface area contributed by atoms with Crippen LogP contribution in [0.15, 0.2) is 97.7 Å². The van der Waals surface area contributed by atoms with E-state index in [2.05, 4.69) is 72.2 Å².